The molecule has 2 rings (SSSR count). The molecule has 5 heteroatoms. The Bertz CT molecular complexity index is 345. The number of carbonyl (C=O) groups excluding carboxylic acids is 1. The number of aromatic nitrogens is 1. The second-order valence-electron chi connectivity index (χ2n) is 4.57. The summed E-state index contributed by atoms with van der Waals surface area (Å²) in [5.41, 5.74) is 0. The third-order valence-corrected chi connectivity index (χ3v) is 3.17. The van der Waals surface area contributed by atoms with Crippen molar-refractivity contribution < 1.29 is 9.32 Å². The van der Waals surface area contributed by atoms with Gasteiger partial charge in [0, 0.05) is 12.1 Å². The molecule has 0 aliphatic heterocycles. The lowest BCUT2D eigenvalue weighted by atomic mass is 10.2. The Morgan fingerprint density at radius 2 is 2.35 bits per heavy atom. The first kappa shape index (κ1) is 12.1. The van der Waals surface area contributed by atoms with E-state index in [4.69, 9.17) is 4.52 Å². The summed E-state index contributed by atoms with van der Waals surface area (Å²) in [5.74, 6) is 0.807. The summed E-state index contributed by atoms with van der Waals surface area (Å²) >= 11 is 0. The molecule has 17 heavy (non-hydrogen) atoms. The average Bonchev–Trinajstić information content (AvgIpc) is 2.98. The van der Waals surface area contributed by atoms with Crippen LogP contribution in [0.4, 0.5) is 0 Å². The maximum Gasteiger partial charge on any atom is 0.237 e. The molecule has 1 unspecified atom stereocenters. The van der Waals surface area contributed by atoms with Gasteiger partial charge in [-0.15, -0.1) is 0 Å². The Kier molecular flexibility index (Phi) is 4.14. The van der Waals surface area contributed by atoms with Gasteiger partial charge in [0.15, 0.2) is 0 Å². The number of carbonyl (C=O) groups is 1. The van der Waals surface area contributed by atoms with Gasteiger partial charge in [0.1, 0.15) is 5.76 Å². The molecule has 1 fully saturated rings. The largest absolute Gasteiger partial charge is 0.360 e. The smallest absolute Gasteiger partial charge is 0.237 e. The van der Waals surface area contributed by atoms with E-state index < -0.39 is 0 Å². The van der Waals surface area contributed by atoms with Crippen LogP contribution < -0.4 is 10.6 Å². The highest BCUT2D eigenvalue weighted by Gasteiger charge is 2.20. The van der Waals surface area contributed by atoms with Crippen molar-refractivity contribution in [2.75, 3.05) is 0 Å². The van der Waals surface area contributed by atoms with Gasteiger partial charge < -0.3 is 9.84 Å². The molecule has 5 nitrogen and oxygen atoms in total. The fraction of sp³-hybridized carbons (Fsp3) is 0.667. The molecular formula is C12H19N3O2. The van der Waals surface area contributed by atoms with Crippen molar-refractivity contribution in [2.45, 2.75) is 51.2 Å². The Morgan fingerprint density at radius 1 is 1.59 bits per heavy atom. The second kappa shape index (κ2) is 5.82. The third-order valence-electron chi connectivity index (χ3n) is 3.17. The van der Waals surface area contributed by atoms with Gasteiger partial charge in [-0.3, -0.25) is 10.1 Å². The Balaban J connectivity index is 1.71. The van der Waals surface area contributed by atoms with Crippen molar-refractivity contribution in [1.29, 1.82) is 0 Å². The molecule has 1 aromatic rings. The summed E-state index contributed by atoms with van der Waals surface area (Å²) in [6.07, 6.45) is 6.27. The molecule has 0 radical (unpaired) electrons. The van der Waals surface area contributed by atoms with E-state index in [-0.39, 0.29) is 11.9 Å². The Labute approximate surface area is 101 Å². The number of hydrogen-bond acceptors (Lipinski definition) is 4. The Morgan fingerprint density at radius 3 is 3.00 bits per heavy atom. The van der Waals surface area contributed by atoms with Crippen LogP contribution in [-0.2, 0) is 11.3 Å². The van der Waals surface area contributed by atoms with Crippen LogP contribution in [0.2, 0.25) is 0 Å². The van der Waals surface area contributed by atoms with E-state index in [1.165, 1.54) is 12.8 Å². The van der Waals surface area contributed by atoms with Crippen LogP contribution in [-0.4, -0.2) is 23.1 Å². The molecule has 1 aromatic heterocycles. The van der Waals surface area contributed by atoms with Gasteiger partial charge >= 0.3 is 0 Å². The van der Waals surface area contributed by atoms with Crippen LogP contribution >= 0.6 is 0 Å². The second-order valence-corrected chi connectivity index (χ2v) is 4.57. The molecule has 1 amide bonds. The minimum atomic E-state index is -0.208. The van der Waals surface area contributed by atoms with Gasteiger partial charge in [-0.05, 0) is 19.8 Å². The highest BCUT2D eigenvalue weighted by atomic mass is 16.5. The van der Waals surface area contributed by atoms with Crippen LogP contribution in [0, 0.1) is 0 Å². The molecule has 94 valence electrons. The first-order chi connectivity index (χ1) is 8.25. The fourth-order valence-electron chi connectivity index (χ4n) is 2.08. The summed E-state index contributed by atoms with van der Waals surface area (Å²) in [6.45, 7) is 2.39. The van der Waals surface area contributed by atoms with Gasteiger partial charge in [0.05, 0.1) is 18.8 Å². The zero-order chi connectivity index (χ0) is 12.1. The van der Waals surface area contributed by atoms with Gasteiger partial charge in [-0.2, -0.15) is 0 Å². The van der Waals surface area contributed by atoms with Crippen LogP contribution in [0.25, 0.3) is 0 Å². The highest BCUT2D eigenvalue weighted by Crippen LogP contribution is 2.17. The van der Waals surface area contributed by atoms with Crippen LogP contribution in [0.1, 0.15) is 38.4 Å². The minimum absolute atomic E-state index is 0.0661. The van der Waals surface area contributed by atoms with E-state index in [1.54, 1.807) is 12.3 Å². The molecule has 0 spiro atoms. The molecule has 0 aromatic carbocycles. The van der Waals surface area contributed by atoms with E-state index >= 15 is 0 Å². The van der Waals surface area contributed by atoms with Crippen molar-refractivity contribution in [1.82, 2.24) is 15.8 Å². The van der Waals surface area contributed by atoms with Crippen molar-refractivity contribution in [2.24, 2.45) is 0 Å². The summed E-state index contributed by atoms with van der Waals surface area (Å²) < 4.78 is 4.95. The van der Waals surface area contributed by atoms with E-state index in [1.807, 2.05) is 6.92 Å². The number of amides is 1. The molecule has 0 saturated heterocycles. The molecule has 1 atom stereocenters. The lowest BCUT2D eigenvalue weighted by Crippen LogP contribution is -2.45. The predicted octanol–water partition coefficient (Wildman–Crippen LogP) is 1.21. The first-order valence-corrected chi connectivity index (χ1v) is 6.19. The number of nitrogens with zero attached hydrogens (tertiary/aromatic N) is 1. The van der Waals surface area contributed by atoms with Crippen LogP contribution in [0.15, 0.2) is 16.8 Å². The summed E-state index contributed by atoms with van der Waals surface area (Å²) in [5, 5.41) is 9.79. The molecule has 1 aliphatic carbocycles. The monoisotopic (exact) mass is 237 g/mol. The summed E-state index contributed by atoms with van der Waals surface area (Å²) in [6, 6.07) is 1.95. The van der Waals surface area contributed by atoms with E-state index in [2.05, 4.69) is 15.8 Å². The van der Waals surface area contributed by atoms with Gasteiger partial charge in [0.2, 0.25) is 5.91 Å². The average molecular weight is 237 g/mol. The van der Waals surface area contributed by atoms with E-state index in [9.17, 15) is 4.79 Å². The zero-order valence-corrected chi connectivity index (χ0v) is 10.1. The minimum Gasteiger partial charge on any atom is -0.360 e. The van der Waals surface area contributed by atoms with Crippen molar-refractivity contribution in [3.8, 4) is 0 Å². The van der Waals surface area contributed by atoms with E-state index in [0.717, 1.165) is 18.6 Å². The SMILES string of the molecule is CC(NCc1ccno1)C(=O)NC1CCCC1. The Hall–Kier alpha value is -1.36. The van der Waals surface area contributed by atoms with Crippen LogP contribution in [0.3, 0.4) is 0 Å². The number of hydrogen-bond donors (Lipinski definition) is 2. The predicted molar refractivity (Wildman–Crippen MR) is 63.2 cm³/mol. The molecule has 2 N–H and O–H groups in total. The normalized spacial score (nSPS) is 18.2. The van der Waals surface area contributed by atoms with E-state index in [0.29, 0.717) is 12.6 Å². The van der Waals surface area contributed by atoms with Gasteiger partial charge in [0.25, 0.3) is 0 Å². The lowest BCUT2D eigenvalue weighted by Gasteiger charge is -2.17. The van der Waals surface area contributed by atoms with Crippen LogP contribution in [0.5, 0.6) is 0 Å². The van der Waals surface area contributed by atoms with Crippen molar-refractivity contribution >= 4 is 5.91 Å². The summed E-state index contributed by atoms with van der Waals surface area (Å²) in [4.78, 5) is 11.8. The highest BCUT2D eigenvalue weighted by molar-refractivity contribution is 5.81. The maximum absolute atomic E-state index is 11.8. The van der Waals surface area contributed by atoms with Crippen molar-refractivity contribution in [3.05, 3.63) is 18.0 Å². The molecule has 1 heterocycles. The molecule has 0 bridgehead atoms. The topological polar surface area (TPSA) is 67.2 Å². The third kappa shape index (κ3) is 3.56. The summed E-state index contributed by atoms with van der Waals surface area (Å²) in [7, 11) is 0. The quantitative estimate of drug-likeness (QED) is 0.807. The zero-order valence-electron chi connectivity index (χ0n) is 10.1. The number of nitrogens with one attached hydrogen (secondary N) is 2. The number of rotatable bonds is 5. The van der Waals surface area contributed by atoms with Crippen molar-refractivity contribution in [3.63, 3.8) is 0 Å². The molecule has 1 aliphatic rings. The molecule has 1 saturated carbocycles. The van der Waals surface area contributed by atoms with Gasteiger partial charge in [-0.1, -0.05) is 18.0 Å². The fourth-order valence-corrected chi connectivity index (χ4v) is 2.08. The molecular weight excluding hydrogens is 218 g/mol. The standard InChI is InChI=1S/C12H19N3O2/c1-9(13-8-11-6-7-14-17-11)12(16)15-10-4-2-3-5-10/h6-7,9-10,13H,2-5,8H2,1H3,(H,15,16). The first-order valence-electron chi connectivity index (χ1n) is 6.19. The van der Waals surface area contributed by atoms with Gasteiger partial charge in [-0.25, -0.2) is 0 Å². The maximum atomic E-state index is 11.8. The lowest BCUT2D eigenvalue weighted by molar-refractivity contribution is -0.123.